The fourth-order valence-corrected chi connectivity index (χ4v) is 4.29. The smallest absolute Gasteiger partial charge is 0.234 e. The molecule has 0 saturated carbocycles. The average Bonchev–Trinajstić information content (AvgIpc) is 2.85. The highest BCUT2D eigenvalue weighted by Gasteiger charge is 2.15. The van der Waals surface area contributed by atoms with E-state index in [0.717, 1.165) is 16.8 Å². The molecule has 1 aromatic carbocycles. The summed E-state index contributed by atoms with van der Waals surface area (Å²) in [7, 11) is -3.33. The zero-order valence-corrected chi connectivity index (χ0v) is 13.7. The molecule has 0 radical (unpaired) electrons. The number of nitrogens with zero attached hydrogens (tertiary/aromatic N) is 1. The second kappa shape index (κ2) is 6.55. The van der Waals surface area contributed by atoms with Crippen molar-refractivity contribution in [3.8, 4) is 11.3 Å². The summed E-state index contributed by atoms with van der Waals surface area (Å²) in [4.78, 5) is 4.33. The average molecular weight is 325 g/mol. The van der Waals surface area contributed by atoms with E-state index >= 15 is 0 Å². The number of hydrogen-bond acceptors (Lipinski definition) is 5. The minimum atomic E-state index is -3.33. The number of nitrogens with one attached hydrogen (secondary N) is 1. The van der Waals surface area contributed by atoms with Gasteiger partial charge in [0.05, 0.1) is 11.4 Å². The number of sulfonamides is 1. The van der Waals surface area contributed by atoms with Crippen LogP contribution in [-0.4, -0.2) is 19.2 Å². The lowest BCUT2D eigenvalue weighted by Gasteiger charge is -2.06. The maximum Gasteiger partial charge on any atom is 0.234 e. The van der Waals surface area contributed by atoms with Crippen molar-refractivity contribution in [2.45, 2.75) is 20.4 Å². The van der Waals surface area contributed by atoms with Gasteiger partial charge in [0, 0.05) is 17.5 Å². The van der Waals surface area contributed by atoms with Crippen molar-refractivity contribution in [3.05, 3.63) is 35.2 Å². The van der Waals surface area contributed by atoms with Gasteiger partial charge in [-0.05, 0) is 11.5 Å². The molecule has 0 spiro atoms. The van der Waals surface area contributed by atoms with E-state index in [4.69, 9.17) is 5.73 Å². The molecule has 7 heteroatoms. The van der Waals surface area contributed by atoms with Crippen molar-refractivity contribution in [2.24, 2.45) is 11.7 Å². The van der Waals surface area contributed by atoms with Gasteiger partial charge in [-0.15, -0.1) is 11.3 Å². The first kappa shape index (κ1) is 15.9. The molecule has 114 valence electrons. The predicted molar refractivity (Wildman–Crippen MR) is 87.7 cm³/mol. The number of benzene rings is 1. The Morgan fingerprint density at radius 3 is 2.52 bits per heavy atom. The number of hydrogen-bond donors (Lipinski definition) is 2. The summed E-state index contributed by atoms with van der Waals surface area (Å²) in [6.07, 6.45) is 0. The molecule has 1 aromatic heterocycles. The number of rotatable bonds is 6. The van der Waals surface area contributed by atoms with E-state index in [1.165, 1.54) is 11.3 Å². The molecule has 0 fully saturated rings. The van der Waals surface area contributed by atoms with Gasteiger partial charge in [0.1, 0.15) is 0 Å². The molecule has 21 heavy (non-hydrogen) atoms. The number of aromatic nitrogens is 1. The third-order valence-corrected chi connectivity index (χ3v) is 5.28. The van der Waals surface area contributed by atoms with Crippen LogP contribution in [0.5, 0.6) is 0 Å². The number of anilines is 1. The molecule has 0 unspecified atom stereocenters. The molecule has 2 aromatic rings. The minimum absolute atomic E-state index is 0.0748. The van der Waals surface area contributed by atoms with Crippen LogP contribution in [0.2, 0.25) is 0 Å². The fourth-order valence-electron chi connectivity index (χ4n) is 1.88. The van der Waals surface area contributed by atoms with Gasteiger partial charge in [-0.2, -0.15) is 0 Å². The van der Waals surface area contributed by atoms with Crippen molar-refractivity contribution in [1.29, 1.82) is 0 Å². The maximum atomic E-state index is 11.9. The molecule has 3 N–H and O–H groups in total. The van der Waals surface area contributed by atoms with E-state index in [0.29, 0.717) is 11.7 Å². The zero-order chi connectivity index (χ0) is 15.5. The number of thiazole rings is 1. The molecule has 0 amide bonds. The second-order valence-corrected chi connectivity index (χ2v) is 7.84. The lowest BCUT2D eigenvalue weighted by Crippen LogP contribution is -2.19. The third-order valence-electron chi connectivity index (χ3n) is 2.79. The molecule has 0 aliphatic carbocycles. The molecular weight excluding hydrogens is 306 g/mol. The van der Waals surface area contributed by atoms with E-state index < -0.39 is 10.0 Å². The lowest BCUT2D eigenvalue weighted by molar-refractivity contribution is 0.587. The van der Waals surface area contributed by atoms with Crippen LogP contribution in [-0.2, 0) is 16.6 Å². The van der Waals surface area contributed by atoms with Crippen molar-refractivity contribution in [1.82, 2.24) is 4.98 Å². The Labute approximate surface area is 129 Å². The summed E-state index contributed by atoms with van der Waals surface area (Å²) in [5, 5.41) is 2.23. The Balaban J connectivity index is 2.14. The first-order chi connectivity index (χ1) is 9.89. The van der Waals surface area contributed by atoms with Crippen LogP contribution in [0.1, 0.15) is 19.4 Å². The van der Waals surface area contributed by atoms with Crippen LogP contribution in [0, 0.1) is 5.92 Å². The van der Waals surface area contributed by atoms with Crippen LogP contribution in [0.25, 0.3) is 11.3 Å². The van der Waals surface area contributed by atoms with Gasteiger partial charge >= 0.3 is 0 Å². The molecule has 0 aliphatic heterocycles. The van der Waals surface area contributed by atoms with Crippen LogP contribution >= 0.6 is 11.3 Å². The summed E-state index contributed by atoms with van der Waals surface area (Å²) in [6.45, 7) is 4.23. The van der Waals surface area contributed by atoms with Gasteiger partial charge in [0.25, 0.3) is 0 Å². The highest BCUT2D eigenvalue weighted by molar-refractivity contribution is 7.92. The molecule has 0 aliphatic rings. The molecular formula is C14H19N3O2S2. The molecule has 0 saturated heterocycles. The van der Waals surface area contributed by atoms with E-state index in [9.17, 15) is 8.42 Å². The molecule has 0 atom stereocenters. The Hall–Kier alpha value is -1.44. The van der Waals surface area contributed by atoms with E-state index in [1.807, 2.05) is 43.5 Å². The maximum absolute atomic E-state index is 11.9. The van der Waals surface area contributed by atoms with Crippen molar-refractivity contribution in [3.63, 3.8) is 0 Å². The first-order valence-corrected chi connectivity index (χ1v) is 9.18. The van der Waals surface area contributed by atoms with Gasteiger partial charge in [-0.1, -0.05) is 38.1 Å². The fraction of sp³-hybridized carbons (Fsp3) is 0.357. The summed E-state index contributed by atoms with van der Waals surface area (Å²) >= 11 is 1.28. The monoisotopic (exact) mass is 325 g/mol. The van der Waals surface area contributed by atoms with Gasteiger partial charge in [-0.25, -0.2) is 13.4 Å². The highest BCUT2D eigenvalue weighted by atomic mass is 32.2. The van der Waals surface area contributed by atoms with Gasteiger partial charge in [0.2, 0.25) is 10.0 Å². The predicted octanol–water partition coefficient (Wildman–Crippen LogP) is 2.67. The molecule has 0 bridgehead atoms. The third kappa shape index (κ3) is 4.52. The molecule has 5 nitrogen and oxygen atoms in total. The largest absolute Gasteiger partial charge is 0.326 e. The summed E-state index contributed by atoms with van der Waals surface area (Å²) in [6, 6.07) is 7.75. The second-order valence-electron chi connectivity index (χ2n) is 5.22. The normalized spacial score (nSPS) is 11.8. The van der Waals surface area contributed by atoms with Crippen LogP contribution < -0.4 is 10.5 Å². The van der Waals surface area contributed by atoms with Crippen molar-refractivity contribution < 1.29 is 8.42 Å². The SMILES string of the molecule is CC(C)CS(=O)(=O)Nc1nc(-c2ccc(CN)cc2)cs1. The van der Waals surface area contributed by atoms with Crippen molar-refractivity contribution >= 4 is 26.5 Å². The Morgan fingerprint density at radius 1 is 1.29 bits per heavy atom. The van der Waals surface area contributed by atoms with Crippen LogP contribution in [0.4, 0.5) is 5.13 Å². The molecule has 2 rings (SSSR count). The van der Waals surface area contributed by atoms with E-state index in [-0.39, 0.29) is 11.7 Å². The van der Waals surface area contributed by atoms with E-state index in [1.54, 1.807) is 0 Å². The Kier molecular flexibility index (Phi) is 4.97. The Bertz CT molecular complexity index is 691. The Morgan fingerprint density at radius 2 is 1.95 bits per heavy atom. The van der Waals surface area contributed by atoms with Crippen LogP contribution in [0.3, 0.4) is 0 Å². The number of nitrogens with two attached hydrogens (primary N) is 1. The highest BCUT2D eigenvalue weighted by Crippen LogP contribution is 2.26. The van der Waals surface area contributed by atoms with Crippen LogP contribution in [0.15, 0.2) is 29.6 Å². The summed E-state index contributed by atoms with van der Waals surface area (Å²) in [5.41, 5.74) is 8.31. The van der Waals surface area contributed by atoms with Gasteiger partial charge in [0.15, 0.2) is 5.13 Å². The standard InChI is InChI=1S/C14H19N3O2S2/c1-10(2)9-21(18,19)17-14-16-13(8-20-14)12-5-3-11(7-15)4-6-12/h3-6,8,10H,7,9,15H2,1-2H3,(H,16,17). The van der Waals surface area contributed by atoms with Gasteiger partial charge in [-0.3, -0.25) is 4.72 Å². The van der Waals surface area contributed by atoms with Crippen molar-refractivity contribution in [2.75, 3.05) is 10.5 Å². The summed E-state index contributed by atoms with van der Waals surface area (Å²) < 4.78 is 26.3. The topological polar surface area (TPSA) is 85.1 Å². The first-order valence-electron chi connectivity index (χ1n) is 6.65. The lowest BCUT2D eigenvalue weighted by atomic mass is 10.1. The summed E-state index contributed by atoms with van der Waals surface area (Å²) in [5.74, 6) is 0.165. The zero-order valence-electron chi connectivity index (χ0n) is 12.0. The quantitative estimate of drug-likeness (QED) is 0.855. The van der Waals surface area contributed by atoms with Gasteiger partial charge < -0.3 is 5.73 Å². The van der Waals surface area contributed by atoms with E-state index in [2.05, 4.69) is 9.71 Å². The molecule has 1 heterocycles. The minimum Gasteiger partial charge on any atom is -0.326 e.